The van der Waals surface area contributed by atoms with E-state index in [0.29, 0.717) is 19.7 Å². The summed E-state index contributed by atoms with van der Waals surface area (Å²) >= 11 is 0. The standard InChI is InChI=1S/C15H23N3O2/c1-11-6-14-15(7-12(11)2)18(10-17-14)9-13(19)8-16-4-5-20-3/h6-7,10,13,16,19H,4-5,8-9H2,1-3H3. The second-order valence-electron chi connectivity index (χ2n) is 5.17. The highest BCUT2D eigenvalue weighted by Crippen LogP contribution is 2.18. The van der Waals surface area contributed by atoms with E-state index in [-0.39, 0.29) is 0 Å². The molecule has 1 aromatic carbocycles. The molecule has 0 aliphatic heterocycles. The predicted molar refractivity (Wildman–Crippen MR) is 80.0 cm³/mol. The van der Waals surface area contributed by atoms with Gasteiger partial charge < -0.3 is 19.7 Å². The Morgan fingerprint density at radius 1 is 1.35 bits per heavy atom. The minimum atomic E-state index is -0.439. The number of ether oxygens (including phenoxy) is 1. The first kappa shape index (κ1) is 15.0. The van der Waals surface area contributed by atoms with Crippen LogP contribution in [0.15, 0.2) is 18.5 Å². The van der Waals surface area contributed by atoms with Crippen LogP contribution in [0.1, 0.15) is 11.1 Å². The maximum atomic E-state index is 10.1. The van der Waals surface area contributed by atoms with E-state index in [4.69, 9.17) is 4.74 Å². The van der Waals surface area contributed by atoms with Crippen molar-refractivity contribution in [1.82, 2.24) is 14.9 Å². The van der Waals surface area contributed by atoms with E-state index in [1.807, 2.05) is 4.57 Å². The molecule has 0 saturated heterocycles. The highest BCUT2D eigenvalue weighted by molar-refractivity contribution is 5.77. The van der Waals surface area contributed by atoms with E-state index in [0.717, 1.165) is 17.6 Å². The molecule has 1 heterocycles. The van der Waals surface area contributed by atoms with E-state index >= 15 is 0 Å². The molecule has 0 fully saturated rings. The third-order valence-corrected chi connectivity index (χ3v) is 3.51. The molecule has 0 amide bonds. The normalized spacial score (nSPS) is 13.0. The summed E-state index contributed by atoms with van der Waals surface area (Å²) in [6.07, 6.45) is 1.35. The number of nitrogens with zero attached hydrogens (tertiary/aromatic N) is 2. The van der Waals surface area contributed by atoms with E-state index < -0.39 is 6.10 Å². The minimum absolute atomic E-state index is 0.439. The van der Waals surface area contributed by atoms with Gasteiger partial charge in [-0.1, -0.05) is 0 Å². The summed E-state index contributed by atoms with van der Waals surface area (Å²) < 4.78 is 6.96. The molecule has 2 rings (SSSR count). The molecule has 0 spiro atoms. The Bertz CT molecular complexity index is 565. The fourth-order valence-corrected chi connectivity index (χ4v) is 2.19. The van der Waals surface area contributed by atoms with Crippen LogP contribution in [0.5, 0.6) is 0 Å². The first-order valence-electron chi connectivity index (χ1n) is 6.91. The number of aryl methyl sites for hydroxylation is 2. The molecule has 5 nitrogen and oxygen atoms in total. The zero-order chi connectivity index (χ0) is 14.5. The van der Waals surface area contributed by atoms with Gasteiger partial charge in [-0.3, -0.25) is 0 Å². The Labute approximate surface area is 119 Å². The van der Waals surface area contributed by atoms with Crippen LogP contribution in [0.25, 0.3) is 11.0 Å². The highest BCUT2D eigenvalue weighted by atomic mass is 16.5. The Morgan fingerprint density at radius 3 is 2.85 bits per heavy atom. The molecule has 1 unspecified atom stereocenters. The van der Waals surface area contributed by atoms with Crippen molar-refractivity contribution in [1.29, 1.82) is 0 Å². The minimum Gasteiger partial charge on any atom is -0.390 e. The summed E-state index contributed by atoms with van der Waals surface area (Å²) in [7, 11) is 1.67. The molecular weight excluding hydrogens is 254 g/mol. The maximum absolute atomic E-state index is 10.1. The lowest BCUT2D eigenvalue weighted by Crippen LogP contribution is -2.32. The number of fused-ring (bicyclic) bond motifs is 1. The summed E-state index contributed by atoms with van der Waals surface area (Å²) in [5, 5.41) is 13.2. The first-order valence-corrected chi connectivity index (χ1v) is 6.91. The van der Waals surface area contributed by atoms with E-state index in [1.165, 1.54) is 11.1 Å². The number of hydrogen-bond donors (Lipinski definition) is 2. The first-order chi connectivity index (χ1) is 9.61. The molecule has 110 valence electrons. The summed E-state index contributed by atoms with van der Waals surface area (Å²) in [5.41, 5.74) is 4.54. The van der Waals surface area contributed by atoms with E-state index in [2.05, 4.69) is 36.3 Å². The summed E-state index contributed by atoms with van der Waals surface area (Å²) in [4.78, 5) is 4.39. The molecule has 20 heavy (non-hydrogen) atoms. The van der Waals surface area contributed by atoms with Gasteiger partial charge in [0.2, 0.25) is 0 Å². The van der Waals surface area contributed by atoms with E-state index in [1.54, 1.807) is 13.4 Å². The largest absolute Gasteiger partial charge is 0.390 e. The van der Waals surface area contributed by atoms with Gasteiger partial charge >= 0.3 is 0 Å². The molecule has 0 saturated carbocycles. The fraction of sp³-hybridized carbons (Fsp3) is 0.533. The molecular formula is C15H23N3O2. The van der Waals surface area contributed by atoms with Crippen molar-refractivity contribution < 1.29 is 9.84 Å². The van der Waals surface area contributed by atoms with Crippen LogP contribution in [0.4, 0.5) is 0 Å². The van der Waals surface area contributed by atoms with Crippen molar-refractivity contribution >= 4 is 11.0 Å². The molecule has 0 radical (unpaired) electrons. The number of nitrogens with one attached hydrogen (secondary N) is 1. The van der Waals surface area contributed by atoms with Crippen molar-refractivity contribution in [3.05, 3.63) is 29.6 Å². The quantitative estimate of drug-likeness (QED) is 0.748. The Balaban J connectivity index is 2.00. The topological polar surface area (TPSA) is 59.3 Å². The SMILES string of the molecule is COCCNCC(O)Cn1cnc2cc(C)c(C)cc21. The monoisotopic (exact) mass is 277 g/mol. The Kier molecular flexibility index (Phi) is 5.11. The molecule has 1 atom stereocenters. The zero-order valence-corrected chi connectivity index (χ0v) is 12.4. The van der Waals surface area contributed by atoms with Crippen molar-refractivity contribution in [2.75, 3.05) is 26.8 Å². The number of benzene rings is 1. The number of aromatic nitrogens is 2. The van der Waals surface area contributed by atoms with Crippen LogP contribution in [-0.4, -0.2) is 47.6 Å². The van der Waals surface area contributed by atoms with Crippen LogP contribution >= 0.6 is 0 Å². The van der Waals surface area contributed by atoms with Crippen molar-refractivity contribution in [2.24, 2.45) is 0 Å². The summed E-state index contributed by atoms with van der Waals surface area (Å²) in [5.74, 6) is 0. The van der Waals surface area contributed by atoms with Crippen molar-refractivity contribution in [3.63, 3.8) is 0 Å². The predicted octanol–water partition coefficient (Wildman–Crippen LogP) is 1.25. The third-order valence-electron chi connectivity index (χ3n) is 3.51. The van der Waals surface area contributed by atoms with E-state index in [9.17, 15) is 5.11 Å². The van der Waals surface area contributed by atoms with Crippen LogP contribution < -0.4 is 5.32 Å². The number of aliphatic hydroxyl groups excluding tert-OH is 1. The summed E-state index contributed by atoms with van der Waals surface area (Å²) in [6, 6.07) is 4.22. The Hall–Kier alpha value is -1.43. The van der Waals surface area contributed by atoms with Gasteiger partial charge in [-0.25, -0.2) is 4.98 Å². The second-order valence-corrected chi connectivity index (χ2v) is 5.17. The molecule has 0 aliphatic rings. The van der Waals surface area contributed by atoms with Gasteiger partial charge in [-0.2, -0.15) is 0 Å². The van der Waals surface area contributed by atoms with Crippen LogP contribution in [0.2, 0.25) is 0 Å². The second kappa shape index (κ2) is 6.83. The van der Waals surface area contributed by atoms with Gasteiger partial charge in [0.1, 0.15) is 0 Å². The third kappa shape index (κ3) is 3.56. The van der Waals surface area contributed by atoms with Gasteiger partial charge in [-0.15, -0.1) is 0 Å². The molecule has 2 N–H and O–H groups in total. The number of imidazole rings is 1. The average Bonchev–Trinajstić information content (AvgIpc) is 2.78. The van der Waals surface area contributed by atoms with Gasteiger partial charge in [0.25, 0.3) is 0 Å². The van der Waals surface area contributed by atoms with Gasteiger partial charge in [0.15, 0.2) is 0 Å². The van der Waals surface area contributed by atoms with Crippen LogP contribution in [-0.2, 0) is 11.3 Å². The molecule has 2 aromatic rings. The highest BCUT2D eigenvalue weighted by Gasteiger charge is 2.09. The van der Waals surface area contributed by atoms with Crippen molar-refractivity contribution in [3.8, 4) is 0 Å². The molecule has 0 aliphatic carbocycles. The molecule has 0 bridgehead atoms. The lowest BCUT2D eigenvalue weighted by molar-refractivity contribution is 0.145. The zero-order valence-electron chi connectivity index (χ0n) is 12.4. The lowest BCUT2D eigenvalue weighted by Gasteiger charge is -2.13. The molecule has 5 heteroatoms. The summed E-state index contributed by atoms with van der Waals surface area (Å²) in [6.45, 7) is 6.67. The number of aliphatic hydroxyl groups is 1. The maximum Gasteiger partial charge on any atom is 0.0959 e. The number of methoxy groups -OCH3 is 1. The van der Waals surface area contributed by atoms with Crippen LogP contribution in [0, 0.1) is 13.8 Å². The van der Waals surface area contributed by atoms with Gasteiger partial charge in [0.05, 0.1) is 36.6 Å². The van der Waals surface area contributed by atoms with Gasteiger partial charge in [-0.05, 0) is 37.1 Å². The van der Waals surface area contributed by atoms with Crippen LogP contribution in [0.3, 0.4) is 0 Å². The van der Waals surface area contributed by atoms with Gasteiger partial charge in [0, 0.05) is 20.2 Å². The smallest absolute Gasteiger partial charge is 0.0959 e. The van der Waals surface area contributed by atoms with Crippen molar-refractivity contribution in [2.45, 2.75) is 26.5 Å². The average molecular weight is 277 g/mol. The number of rotatable bonds is 7. The Morgan fingerprint density at radius 2 is 2.10 bits per heavy atom. The fourth-order valence-electron chi connectivity index (χ4n) is 2.19. The molecule has 1 aromatic heterocycles. The lowest BCUT2D eigenvalue weighted by atomic mass is 10.1. The number of hydrogen-bond acceptors (Lipinski definition) is 4.